The van der Waals surface area contributed by atoms with Crippen LogP contribution in [0.5, 0.6) is 0 Å². The third-order valence-corrected chi connectivity index (χ3v) is 3.32. The van der Waals surface area contributed by atoms with Gasteiger partial charge in [0.1, 0.15) is 0 Å². The van der Waals surface area contributed by atoms with E-state index in [1.165, 1.54) is 10.5 Å². The van der Waals surface area contributed by atoms with Crippen LogP contribution in [0.15, 0.2) is 23.1 Å². The number of aryl methyl sites for hydroxylation is 1. The van der Waals surface area contributed by atoms with Crippen LogP contribution >= 0.6 is 11.8 Å². The van der Waals surface area contributed by atoms with Crippen LogP contribution in [-0.4, -0.2) is 19.5 Å². The lowest BCUT2D eigenvalue weighted by Crippen LogP contribution is -1.94. The average Bonchev–Trinajstić information content (AvgIpc) is 2.16. The summed E-state index contributed by atoms with van der Waals surface area (Å²) < 4.78 is 5.00. The fraction of sp³-hybridized carbons (Fsp3) is 0.455. The zero-order valence-electron chi connectivity index (χ0n) is 8.75. The maximum atomic E-state index is 5.88. The molecule has 1 aromatic rings. The van der Waals surface area contributed by atoms with Crippen molar-refractivity contribution >= 4 is 17.4 Å². The predicted molar refractivity (Wildman–Crippen MR) is 62.8 cm³/mol. The summed E-state index contributed by atoms with van der Waals surface area (Å²) in [5.74, 6) is 1.06. The zero-order chi connectivity index (χ0) is 10.4. The molecule has 78 valence electrons. The molecule has 0 bridgehead atoms. The molecule has 1 rings (SSSR count). The molecule has 0 amide bonds. The summed E-state index contributed by atoms with van der Waals surface area (Å²) in [5, 5.41) is 0. The van der Waals surface area contributed by atoms with Gasteiger partial charge in [0.05, 0.1) is 0 Å². The van der Waals surface area contributed by atoms with Crippen molar-refractivity contribution in [3.05, 3.63) is 23.8 Å². The number of ether oxygens (including phenoxy) is 1. The van der Waals surface area contributed by atoms with E-state index in [0.29, 0.717) is 0 Å². The van der Waals surface area contributed by atoms with E-state index in [2.05, 4.69) is 13.0 Å². The summed E-state index contributed by atoms with van der Waals surface area (Å²) in [6, 6.07) is 6.03. The molecule has 1 aromatic carbocycles. The molecule has 2 N–H and O–H groups in total. The largest absolute Gasteiger partial charge is 0.398 e. The Balaban J connectivity index is 2.49. The molecule has 14 heavy (non-hydrogen) atoms. The highest BCUT2D eigenvalue weighted by atomic mass is 32.2. The fourth-order valence-electron chi connectivity index (χ4n) is 1.25. The van der Waals surface area contributed by atoms with Crippen molar-refractivity contribution in [3.8, 4) is 0 Å². The van der Waals surface area contributed by atoms with Crippen LogP contribution < -0.4 is 5.73 Å². The number of nitrogens with two attached hydrogens (primary N) is 1. The van der Waals surface area contributed by atoms with E-state index < -0.39 is 0 Å². The minimum Gasteiger partial charge on any atom is -0.398 e. The standard InChI is InChI=1S/C11H17NOS/c1-9-5-3-6-10(12)11(9)14-8-4-7-13-2/h3,5-6H,4,7-8,12H2,1-2H3. The molecule has 3 heteroatoms. The highest BCUT2D eigenvalue weighted by Crippen LogP contribution is 2.28. The molecule has 0 heterocycles. The summed E-state index contributed by atoms with van der Waals surface area (Å²) in [7, 11) is 1.73. The maximum Gasteiger partial charge on any atom is 0.0470 e. The Bertz CT molecular complexity index is 268. The van der Waals surface area contributed by atoms with Gasteiger partial charge in [-0.2, -0.15) is 0 Å². The normalized spacial score (nSPS) is 10.4. The van der Waals surface area contributed by atoms with Gasteiger partial charge in [-0.05, 0) is 25.0 Å². The number of anilines is 1. The van der Waals surface area contributed by atoms with Crippen LogP contribution in [0, 0.1) is 6.92 Å². The molecule has 0 saturated carbocycles. The van der Waals surface area contributed by atoms with E-state index in [1.54, 1.807) is 7.11 Å². The quantitative estimate of drug-likeness (QED) is 0.462. The second-order valence-electron chi connectivity index (χ2n) is 3.19. The van der Waals surface area contributed by atoms with Crippen LogP contribution in [0.4, 0.5) is 5.69 Å². The maximum absolute atomic E-state index is 5.88. The van der Waals surface area contributed by atoms with Gasteiger partial charge in [-0.15, -0.1) is 11.8 Å². The molecular formula is C11H17NOS. The molecule has 0 aliphatic heterocycles. The number of benzene rings is 1. The van der Waals surface area contributed by atoms with E-state index in [0.717, 1.165) is 24.5 Å². The van der Waals surface area contributed by atoms with Crippen molar-refractivity contribution in [3.63, 3.8) is 0 Å². The molecule has 0 unspecified atom stereocenters. The molecule has 0 aliphatic rings. The van der Waals surface area contributed by atoms with E-state index in [9.17, 15) is 0 Å². The minimum absolute atomic E-state index is 0.818. The lowest BCUT2D eigenvalue weighted by molar-refractivity contribution is 0.200. The van der Waals surface area contributed by atoms with Crippen LogP contribution in [-0.2, 0) is 4.74 Å². The number of hydrogen-bond acceptors (Lipinski definition) is 3. The van der Waals surface area contributed by atoms with Crippen molar-refractivity contribution in [2.45, 2.75) is 18.2 Å². The van der Waals surface area contributed by atoms with E-state index in [-0.39, 0.29) is 0 Å². The summed E-state index contributed by atoms with van der Waals surface area (Å²) in [6.07, 6.45) is 1.06. The van der Waals surface area contributed by atoms with Crippen molar-refractivity contribution in [2.75, 3.05) is 25.2 Å². The Morgan fingerprint density at radius 1 is 1.43 bits per heavy atom. The summed E-state index contributed by atoms with van der Waals surface area (Å²) in [5.41, 5.74) is 8.02. The van der Waals surface area contributed by atoms with Crippen molar-refractivity contribution in [1.29, 1.82) is 0 Å². The van der Waals surface area contributed by atoms with E-state index in [4.69, 9.17) is 10.5 Å². The van der Waals surface area contributed by atoms with Gasteiger partial charge in [0, 0.05) is 30.1 Å². The van der Waals surface area contributed by atoms with Gasteiger partial charge in [0.25, 0.3) is 0 Å². The number of nitrogen functional groups attached to an aromatic ring is 1. The average molecular weight is 211 g/mol. The molecule has 0 radical (unpaired) electrons. The van der Waals surface area contributed by atoms with Gasteiger partial charge < -0.3 is 10.5 Å². The van der Waals surface area contributed by atoms with Crippen LogP contribution in [0.1, 0.15) is 12.0 Å². The Morgan fingerprint density at radius 2 is 2.21 bits per heavy atom. The molecule has 2 nitrogen and oxygen atoms in total. The van der Waals surface area contributed by atoms with Crippen LogP contribution in [0.2, 0.25) is 0 Å². The first-order valence-corrected chi connectivity index (χ1v) is 5.71. The smallest absolute Gasteiger partial charge is 0.0470 e. The lowest BCUT2D eigenvalue weighted by Gasteiger charge is -2.08. The second-order valence-corrected chi connectivity index (χ2v) is 4.29. The first-order chi connectivity index (χ1) is 6.75. The number of hydrogen-bond donors (Lipinski definition) is 1. The number of thioether (sulfide) groups is 1. The third kappa shape index (κ3) is 3.24. The Labute approximate surface area is 89.8 Å². The molecule has 0 spiro atoms. The Morgan fingerprint density at radius 3 is 2.86 bits per heavy atom. The first-order valence-electron chi connectivity index (χ1n) is 4.72. The fourth-order valence-corrected chi connectivity index (χ4v) is 2.25. The summed E-state index contributed by atoms with van der Waals surface area (Å²) >= 11 is 1.81. The van der Waals surface area contributed by atoms with Gasteiger partial charge in [-0.1, -0.05) is 12.1 Å². The molecule has 0 fully saturated rings. The van der Waals surface area contributed by atoms with Crippen LogP contribution in [0.3, 0.4) is 0 Å². The molecule has 0 saturated heterocycles. The van der Waals surface area contributed by atoms with E-state index >= 15 is 0 Å². The van der Waals surface area contributed by atoms with E-state index in [1.807, 2.05) is 23.9 Å². The second kappa shape index (κ2) is 5.94. The molecule has 0 aliphatic carbocycles. The van der Waals surface area contributed by atoms with Gasteiger partial charge in [-0.3, -0.25) is 0 Å². The van der Waals surface area contributed by atoms with Gasteiger partial charge >= 0.3 is 0 Å². The van der Waals surface area contributed by atoms with Crippen molar-refractivity contribution in [1.82, 2.24) is 0 Å². The van der Waals surface area contributed by atoms with Gasteiger partial charge in [0.15, 0.2) is 0 Å². The van der Waals surface area contributed by atoms with Crippen molar-refractivity contribution in [2.24, 2.45) is 0 Å². The molecule has 0 atom stereocenters. The number of rotatable bonds is 5. The van der Waals surface area contributed by atoms with Crippen molar-refractivity contribution < 1.29 is 4.74 Å². The zero-order valence-corrected chi connectivity index (χ0v) is 9.56. The molecule has 0 aromatic heterocycles. The lowest BCUT2D eigenvalue weighted by atomic mass is 10.2. The minimum atomic E-state index is 0.818. The van der Waals surface area contributed by atoms with Crippen LogP contribution in [0.25, 0.3) is 0 Å². The summed E-state index contributed by atoms with van der Waals surface area (Å²) in [4.78, 5) is 1.21. The predicted octanol–water partition coefficient (Wildman–Crippen LogP) is 2.71. The monoisotopic (exact) mass is 211 g/mol. The topological polar surface area (TPSA) is 35.2 Å². The summed E-state index contributed by atoms with van der Waals surface area (Å²) in [6.45, 7) is 2.91. The van der Waals surface area contributed by atoms with Gasteiger partial charge in [-0.25, -0.2) is 0 Å². The Kier molecular flexibility index (Phi) is 4.84. The Hall–Kier alpha value is -0.670. The highest BCUT2D eigenvalue weighted by Gasteiger charge is 2.02. The third-order valence-electron chi connectivity index (χ3n) is 1.98. The highest BCUT2D eigenvalue weighted by molar-refractivity contribution is 7.99. The SMILES string of the molecule is COCCCSc1c(C)cccc1N. The van der Waals surface area contributed by atoms with Gasteiger partial charge in [0.2, 0.25) is 0 Å². The first kappa shape index (κ1) is 11.4. The number of methoxy groups -OCH3 is 1. The molecular weight excluding hydrogens is 194 g/mol.